The Morgan fingerprint density at radius 1 is 1.36 bits per heavy atom. The number of rotatable bonds is 5. The maximum atomic E-state index is 12.1. The molecule has 1 heterocycles. The molecule has 0 radical (unpaired) electrons. The third-order valence-corrected chi connectivity index (χ3v) is 3.94. The number of amides is 1. The van der Waals surface area contributed by atoms with Crippen molar-refractivity contribution in [1.82, 2.24) is 0 Å². The number of carbonyl (C=O) groups is 1. The predicted molar refractivity (Wildman–Crippen MR) is 88.2 cm³/mol. The maximum absolute atomic E-state index is 12.1. The van der Waals surface area contributed by atoms with E-state index in [4.69, 9.17) is 9.47 Å². The summed E-state index contributed by atoms with van der Waals surface area (Å²) in [5.74, 6) is -0.124. The smallest absolute Gasteiger partial charge is 0.253 e. The van der Waals surface area contributed by atoms with Crippen molar-refractivity contribution in [2.75, 3.05) is 18.5 Å². The van der Waals surface area contributed by atoms with Crippen LogP contribution in [0, 0.1) is 0 Å². The van der Waals surface area contributed by atoms with Gasteiger partial charge in [-0.2, -0.15) is 0 Å². The molecule has 2 atom stereocenters. The Morgan fingerprint density at radius 2 is 2.05 bits per heavy atom. The van der Waals surface area contributed by atoms with E-state index in [1.54, 1.807) is 6.92 Å². The molecule has 0 bridgehead atoms. The van der Waals surface area contributed by atoms with Crippen molar-refractivity contribution in [3.8, 4) is 0 Å². The molecule has 22 heavy (non-hydrogen) atoms. The first-order valence-electron chi connectivity index (χ1n) is 8.01. The summed E-state index contributed by atoms with van der Waals surface area (Å²) in [7, 11) is 0. The van der Waals surface area contributed by atoms with Gasteiger partial charge in [0, 0.05) is 12.3 Å². The molecule has 4 nitrogen and oxygen atoms in total. The Bertz CT molecular complexity index is 484. The molecule has 1 aliphatic heterocycles. The normalized spacial score (nSPS) is 19.9. The van der Waals surface area contributed by atoms with Crippen LogP contribution in [0.2, 0.25) is 0 Å². The van der Waals surface area contributed by atoms with Gasteiger partial charge in [0.05, 0.1) is 12.7 Å². The molecule has 1 N–H and O–H groups in total. The van der Waals surface area contributed by atoms with Crippen molar-refractivity contribution >= 4 is 11.6 Å². The van der Waals surface area contributed by atoms with Gasteiger partial charge in [0.1, 0.15) is 6.10 Å². The first-order chi connectivity index (χ1) is 10.4. The van der Waals surface area contributed by atoms with E-state index in [2.05, 4.69) is 26.1 Å². The van der Waals surface area contributed by atoms with Crippen molar-refractivity contribution in [3.05, 3.63) is 29.8 Å². The average Bonchev–Trinajstić information content (AvgIpc) is 2.97. The SMILES string of the molecule is C[C@H](OC[C@@H]1CCCO1)C(=O)Nc1ccc(C(C)(C)C)cc1. The summed E-state index contributed by atoms with van der Waals surface area (Å²) in [4.78, 5) is 12.1. The Balaban J connectivity index is 1.82. The molecule has 0 aliphatic carbocycles. The van der Waals surface area contributed by atoms with Crippen molar-refractivity contribution in [3.63, 3.8) is 0 Å². The van der Waals surface area contributed by atoms with Crippen LogP contribution in [0.25, 0.3) is 0 Å². The molecule has 1 fully saturated rings. The molecule has 1 aliphatic rings. The van der Waals surface area contributed by atoms with Gasteiger partial charge in [-0.15, -0.1) is 0 Å². The Morgan fingerprint density at radius 3 is 2.59 bits per heavy atom. The van der Waals surface area contributed by atoms with Gasteiger partial charge < -0.3 is 14.8 Å². The van der Waals surface area contributed by atoms with Crippen molar-refractivity contribution < 1.29 is 14.3 Å². The van der Waals surface area contributed by atoms with Crippen LogP contribution in [0.5, 0.6) is 0 Å². The Kier molecular flexibility index (Phi) is 5.59. The van der Waals surface area contributed by atoms with E-state index in [1.165, 1.54) is 5.56 Å². The van der Waals surface area contributed by atoms with Crippen LogP contribution in [0.3, 0.4) is 0 Å². The molecule has 0 spiro atoms. The van der Waals surface area contributed by atoms with Gasteiger partial charge in [0.25, 0.3) is 5.91 Å². The molecule has 0 unspecified atom stereocenters. The molecule has 4 heteroatoms. The van der Waals surface area contributed by atoms with Crippen molar-refractivity contribution in [2.24, 2.45) is 0 Å². The third-order valence-electron chi connectivity index (χ3n) is 3.94. The number of ether oxygens (including phenoxy) is 2. The number of anilines is 1. The van der Waals surface area contributed by atoms with Gasteiger partial charge in [-0.05, 0) is 42.9 Å². The summed E-state index contributed by atoms with van der Waals surface area (Å²) in [6.45, 7) is 9.56. The molecule has 1 aromatic rings. The van der Waals surface area contributed by atoms with Gasteiger partial charge in [-0.25, -0.2) is 0 Å². The van der Waals surface area contributed by atoms with Crippen LogP contribution >= 0.6 is 0 Å². The molecular weight excluding hydrogens is 278 g/mol. The fraction of sp³-hybridized carbons (Fsp3) is 0.611. The largest absolute Gasteiger partial charge is 0.376 e. The van der Waals surface area contributed by atoms with E-state index in [0.717, 1.165) is 25.1 Å². The zero-order chi connectivity index (χ0) is 16.2. The third kappa shape index (κ3) is 4.82. The summed E-state index contributed by atoms with van der Waals surface area (Å²) in [5, 5.41) is 2.89. The summed E-state index contributed by atoms with van der Waals surface area (Å²) >= 11 is 0. The highest BCUT2D eigenvalue weighted by molar-refractivity contribution is 5.93. The van der Waals surface area contributed by atoms with Crippen LogP contribution in [-0.4, -0.2) is 31.3 Å². The van der Waals surface area contributed by atoms with Crippen LogP contribution in [0.15, 0.2) is 24.3 Å². The average molecular weight is 305 g/mol. The lowest BCUT2D eigenvalue weighted by molar-refractivity contribution is -0.128. The molecule has 2 rings (SSSR count). The lowest BCUT2D eigenvalue weighted by Crippen LogP contribution is -2.30. The second kappa shape index (κ2) is 7.25. The van der Waals surface area contributed by atoms with E-state index in [0.29, 0.717) is 6.61 Å². The highest BCUT2D eigenvalue weighted by atomic mass is 16.5. The van der Waals surface area contributed by atoms with Crippen LogP contribution < -0.4 is 5.32 Å². The van der Waals surface area contributed by atoms with E-state index < -0.39 is 6.10 Å². The van der Waals surface area contributed by atoms with Gasteiger partial charge in [0.2, 0.25) is 0 Å². The Labute approximate surface area is 133 Å². The van der Waals surface area contributed by atoms with E-state index in [-0.39, 0.29) is 17.4 Å². The molecule has 122 valence electrons. The van der Waals surface area contributed by atoms with Crippen molar-refractivity contribution in [2.45, 2.75) is 58.2 Å². The molecule has 0 saturated carbocycles. The summed E-state index contributed by atoms with van der Waals surface area (Å²) in [5.41, 5.74) is 2.15. The monoisotopic (exact) mass is 305 g/mol. The zero-order valence-corrected chi connectivity index (χ0v) is 14.0. The minimum Gasteiger partial charge on any atom is -0.376 e. The summed E-state index contributed by atoms with van der Waals surface area (Å²) in [6.07, 6.45) is 1.75. The van der Waals surface area contributed by atoms with Gasteiger partial charge in [0.15, 0.2) is 0 Å². The van der Waals surface area contributed by atoms with E-state index >= 15 is 0 Å². The number of nitrogens with one attached hydrogen (secondary N) is 1. The number of hydrogen-bond acceptors (Lipinski definition) is 3. The minimum absolute atomic E-state index is 0.111. The summed E-state index contributed by atoms with van der Waals surface area (Å²) < 4.78 is 11.1. The highest BCUT2D eigenvalue weighted by Gasteiger charge is 2.20. The lowest BCUT2D eigenvalue weighted by Gasteiger charge is -2.20. The predicted octanol–water partition coefficient (Wildman–Crippen LogP) is 3.51. The Hall–Kier alpha value is -1.39. The second-order valence-corrected chi connectivity index (χ2v) is 6.93. The molecular formula is C18H27NO3. The van der Waals surface area contributed by atoms with Crippen LogP contribution in [0.4, 0.5) is 5.69 Å². The van der Waals surface area contributed by atoms with Gasteiger partial charge in [-0.3, -0.25) is 4.79 Å². The minimum atomic E-state index is -0.480. The topological polar surface area (TPSA) is 47.6 Å². The molecule has 1 amide bonds. The number of carbonyl (C=O) groups excluding carboxylic acids is 1. The quantitative estimate of drug-likeness (QED) is 0.905. The van der Waals surface area contributed by atoms with E-state index in [1.807, 2.05) is 24.3 Å². The number of hydrogen-bond donors (Lipinski definition) is 1. The molecule has 0 aromatic heterocycles. The zero-order valence-electron chi connectivity index (χ0n) is 14.0. The van der Waals surface area contributed by atoms with E-state index in [9.17, 15) is 4.79 Å². The van der Waals surface area contributed by atoms with Gasteiger partial charge in [-0.1, -0.05) is 32.9 Å². The molecule has 1 saturated heterocycles. The standard InChI is InChI=1S/C18H27NO3/c1-13(22-12-16-6-5-11-21-16)17(20)19-15-9-7-14(8-10-15)18(2,3)4/h7-10,13,16H,5-6,11-12H2,1-4H3,(H,19,20)/t13-,16-/m0/s1. The van der Waals surface area contributed by atoms with Crippen LogP contribution in [-0.2, 0) is 19.7 Å². The lowest BCUT2D eigenvalue weighted by atomic mass is 9.87. The fourth-order valence-electron chi connectivity index (χ4n) is 2.40. The highest BCUT2D eigenvalue weighted by Crippen LogP contribution is 2.23. The fourth-order valence-corrected chi connectivity index (χ4v) is 2.40. The maximum Gasteiger partial charge on any atom is 0.253 e. The molecule has 1 aromatic carbocycles. The van der Waals surface area contributed by atoms with Crippen LogP contribution in [0.1, 0.15) is 46.1 Å². The first-order valence-corrected chi connectivity index (χ1v) is 8.01. The second-order valence-electron chi connectivity index (χ2n) is 6.93. The number of benzene rings is 1. The summed E-state index contributed by atoms with van der Waals surface area (Å²) in [6, 6.07) is 7.97. The van der Waals surface area contributed by atoms with Crippen molar-refractivity contribution in [1.29, 1.82) is 0 Å². The van der Waals surface area contributed by atoms with Gasteiger partial charge >= 0.3 is 0 Å². The first kappa shape index (κ1) is 17.0.